The normalized spacial score (nSPS) is 11.6. The molecule has 0 bridgehead atoms. The molecule has 1 aromatic heterocycles. The second-order valence-corrected chi connectivity index (χ2v) is 12.7. The summed E-state index contributed by atoms with van der Waals surface area (Å²) in [6, 6.07) is 20.3. The Balaban J connectivity index is 1.16. The number of carbonyl (C=O) groups excluding carboxylic acids is 1. The van der Waals surface area contributed by atoms with Gasteiger partial charge in [0.15, 0.2) is 5.82 Å². The fourth-order valence-electron chi connectivity index (χ4n) is 4.99. The lowest BCUT2D eigenvalue weighted by Crippen LogP contribution is -2.34. The molecular formula is C36H41FN4O6S. The Hall–Kier alpha value is -4.36. The molecule has 0 aliphatic rings. The van der Waals surface area contributed by atoms with E-state index in [-0.39, 0.29) is 29.4 Å². The van der Waals surface area contributed by atoms with E-state index in [4.69, 9.17) is 9.99 Å². The van der Waals surface area contributed by atoms with E-state index in [2.05, 4.69) is 43.7 Å². The van der Waals surface area contributed by atoms with Crippen molar-refractivity contribution in [3.8, 4) is 22.6 Å². The van der Waals surface area contributed by atoms with E-state index in [1.165, 1.54) is 18.3 Å². The first-order valence-electron chi connectivity index (χ1n) is 15.8. The summed E-state index contributed by atoms with van der Waals surface area (Å²) in [6.07, 6.45) is 5.96. The number of hydrogen-bond acceptors (Lipinski definition) is 10. The quantitative estimate of drug-likeness (QED) is 0.0312. The van der Waals surface area contributed by atoms with Crippen molar-refractivity contribution in [3.63, 3.8) is 0 Å². The zero-order valence-electron chi connectivity index (χ0n) is 27.3. The molecular weight excluding hydrogens is 635 g/mol. The molecule has 0 spiro atoms. The van der Waals surface area contributed by atoms with Gasteiger partial charge in [0.25, 0.3) is 5.91 Å². The van der Waals surface area contributed by atoms with E-state index < -0.39 is 0 Å². The van der Waals surface area contributed by atoms with Gasteiger partial charge in [-0.3, -0.25) is 4.79 Å². The minimum absolute atomic E-state index is 0.0988. The molecule has 0 saturated carbocycles. The molecule has 0 saturated heterocycles. The molecule has 4 aromatic rings. The van der Waals surface area contributed by atoms with Crippen LogP contribution < -0.4 is 10.1 Å². The SMILES string of the molecule is CCc1cc(-c2ccc(F)cc2)c(O)cc1OCCCCCC(C)(C)CNC(=O)c1ccc(N=NCc2ccccc2SOOO)nc1. The summed E-state index contributed by atoms with van der Waals surface area (Å²) in [6.45, 7) is 7.61. The zero-order valence-corrected chi connectivity index (χ0v) is 28.1. The van der Waals surface area contributed by atoms with Crippen LogP contribution in [0.15, 0.2) is 94.1 Å². The monoisotopic (exact) mass is 676 g/mol. The Bertz CT molecular complexity index is 1650. The van der Waals surface area contributed by atoms with Crippen molar-refractivity contribution in [3.05, 3.63) is 102 Å². The number of aromatic nitrogens is 1. The van der Waals surface area contributed by atoms with Gasteiger partial charge in [-0.25, -0.2) is 14.6 Å². The number of rotatable bonds is 18. The summed E-state index contributed by atoms with van der Waals surface area (Å²) in [5.74, 6) is 0.619. The molecule has 4 rings (SSSR count). The number of nitrogens with zero attached hydrogens (tertiary/aromatic N) is 3. The number of pyridine rings is 1. The van der Waals surface area contributed by atoms with Crippen LogP contribution in [0, 0.1) is 11.2 Å². The van der Waals surface area contributed by atoms with Crippen molar-refractivity contribution in [2.24, 2.45) is 15.6 Å². The van der Waals surface area contributed by atoms with Gasteiger partial charge in [-0.05, 0) is 77.8 Å². The van der Waals surface area contributed by atoms with Gasteiger partial charge in [-0.15, -0.1) is 9.45 Å². The Labute approximate surface area is 284 Å². The average molecular weight is 677 g/mol. The predicted octanol–water partition coefficient (Wildman–Crippen LogP) is 9.26. The number of unbranched alkanes of at least 4 members (excludes halogenated alkanes) is 2. The highest BCUT2D eigenvalue weighted by Crippen LogP contribution is 2.36. The van der Waals surface area contributed by atoms with E-state index in [0.717, 1.165) is 65.7 Å². The van der Waals surface area contributed by atoms with Gasteiger partial charge in [-0.2, -0.15) is 5.11 Å². The van der Waals surface area contributed by atoms with Crippen molar-refractivity contribution < 1.29 is 33.7 Å². The molecule has 0 unspecified atom stereocenters. The molecule has 3 N–H and O–H groups in total. The number of aromatic hydroxyl groups is 1. The second-order valence-electron chi connectivity index (χ2n) is 12.0. The van der Waals surface area contributed by atoms with E-state index in [1.807, 2.05) is 31.2 Å². The lowest BCUT2D eigenvalue weighted by molar-refractivity contribution is -0.432. The minimum Gasteiger partial charge on any atom is -0.507 e. The number of aryl methyl sites for hydroxylation is 1. The lowest BCUT2D eigenvalue weighted by atomic mass is 9.87. The molecule has 12 heteroatoms. The second kappa shape index (κ2) is 18.3. The summed E-state index contributed by atoms with van der Waals surface area (Å²) >= 11 is 0.859. The number of amides is 1. The largest absolute Gasteiger partial charge is 0.507 e. The third-order valence-electron chi connectivity index (χ3n) is 7.75. The third kappa shape index (κ3) is 11.1. The van der Waals surface area contributed by atoms with Crippen molar-refractivity contribution in [1.29, 1.82) is 0 Å². The van der Waals surface area contributed by atoms with Crippen LogP contribution >= 0.6 is 12.0 Å². The molecule has 3 aromatic carbocycles. The standard InChI is InChI=1S/C36H41FN4O6S/c1-4-25-20-30(26-12-15-29(37)16-13-26)31(42)21-32(25)45-19-9-5-8-18-36(2,3)24-39-35(43)28-14-17-34(38-22-28)41-40-23-27-10-6-7-11-33(27)48-47-46-44/h6-7,10-17,20-22,42,44H,4-5,8-9,18-19,23-24H2,1-3H3,(H,39,43). The Morgan fingerprint density at radius 2 is 1.81 bits per heavy atom. The van der Waals surface area contributed by atoms with E-state index in [9.17, 15) is 14.3 Å². The fourth-order valence-corrected chi connectivity index (χ4v) is 5.47. The molecule has 0 fully saturated rings. The number of carbonyl (C=O) groups is 1. The summed E-state index contributed by atoms with van der Waals surface area (Å²) in [4.78, 5) is 17.7. The van der Waals surface area contributed by atoms with Crippen LogP contribution in [-0.2, 0) is 22.3 Å². The number of halogens is 1. The molecule has 1 amide bonds. The first kappa shape index (κ1) is 36.5. The Morgan fingerprint density at radius 1 is 1.02 bits per heavy atom. The molecule has 0 radical (unpaired) electrons. The smallest absolute Gasteiger partial charge is 0.252 e. The highest BCUT2D eigenvalue weighted by Gasteiger charge is 2.19. The summed E-state index contributed by atoms with van der Waals surface area (Å²) in [5, 5.41) is 34.0. The van der Waals surface area contributed by atoms with Crippen molar-refractivity contribution in [1.82, 2.24) is 10.3 Å². The van der Waals surface area contributed by atoms with Crippen LogP contribution in [0.5, 0.6) is 11.5 Å². The molecule has 48 heavy (non-hydrogen) atoms. The van der Waals surface area contributed by atoms with Crippen molar-refractivity contribution >= 4 is 23.8 Å². The zero-order chi connectivity index (χ0) is 34.4. The van der Waals surface area contributed by atoms with Crippen LogP contribution in [0.1, 0.15) is 67.9 Å². The Morgan fingerprint density at radius 3 is 2.54 bits per heavy atom. The van der Waals surface area contributed by atoms with Gasteiger partial charge in [0.2, 0.25) is 0 Å². The van der Waals surface area contributed by atoms with Crippen LogP contribution in [0.25, 0.3) is 11.1 Å². The third-order valence-corrected chi connectivity index (χ3v) is 8.46. The van der Waals surface area contributed by atoms with Gasteiger partial charge in [0.1, 0.15) is 17.3 Å². The first-order valence-corrected chi connectivity index (χ1v) is 16.5. The van der Waals surface area contributed by atoms with Gasteiger partial charge < -0.3 is 15.2 Å². The van der Waals surface area contributed by atoms with Gasteiger partial charge >= 0.3 is 0 Å². The van der Waals surface area contributed by atoms with Crippen LogP contribution in [0.3, 0.4) is 0 Å². The van der Waals surface area contributed by atoms with E-state index in [0.29, 0.717) is 35.8 Å². The number of phenols is 1. The highest BCUT2D eigenvalue weighted by molar-refractivity contribution is 7.94. The lowest BCUT2D eigenvalue weighted by Gasteiger charge is -2.25. The van der Waals surface area contributed by atoms with E-state index in [1.54, 1.807) is 36.4 Å². The maximum absolute atomic E-state index is 13.3. The maximum atomic E-state index is 13.3. The number of benzene rings is 3. The predicted molar refractivity (Wildman–Crippen MR) is 183 cm³/mol. The number of nitrogens with one attached hydrogen (secondary N) is 1. The topological polar surface area (TPSA) is 135 Å². The van der Waals surface area contributed by atoms with Gasteiger partial charge in [0, 0.05) is 29.3 Å². The number of ether oxygens (including phenoxy) is 1. The Kier molecular flexibility index (Phi) is 13.9. The van der Waals surface area contributed by atoms with Crippen LogP contribution in [-0.4, -0.2) is 34.4 Å². The number of phenolic OH excluding ortho intramolecular Hbond substituents is 1. The number of hydrogen-bond donors (Lipinski definition) is 3. The molecule has 1 heterocycles. The van der Waals surface area contributed by atoms with Gasteiger partial charge in [-0.1, -0.05) is 69.0 Å². The van der Waals surface area contributed by atoms with Crippen LogP contribution in [0.4, 0.5) is 10.2 Å². The van der Waals surface area contributed by atoms with Crippen LogP contribution in [0.2, 0.25) is 0 Å². The average Bonchev–Trinajstić information content (AvgIpc) is 3.09. The van der Waals surface area contributed by atoms with Gasteiger partial charge in [0.05, 0.1) is 30.8 Å². The maximum Gasteiger partial charge on any atom is 0.252 e. The summed E-state index contributed by atoms with van der Waals surface area (Å²) in [7, 11) is 0. The molecule has 0 atom stereocenters. The molecule has 0 aliphatic carbocycles. The first-order chi connectivity index (χ1) is 23.2. The highest BCUT2D eigenvalue weighted by atomic mass is 32.2. The van der Waals surface area contributed by atoms with Crippen molar-refractivity contribution in [2.75, 3.05) is 13.2 Å². The summed E-state index contributed by atoms with van der Waals surface area (Å²) in [5.41, 5.74) is 3.55. The summed E-state index contributed by atoms with van der Waals surface area (Å²) < 4.78 is 23.9. The molecule has 254 valence electrons. The number of azo groups is 1. The molecule has 0 aliphatic heterocycles. The molecule has 10 nitrogen and oxygen atoms in total. The minimum atomic E-state index is -0.318. The van der Waals surface area contributed by atoms with E-state index >= 15 is 0 Å². The fraction of sp³-hybridized carbons (Fsp3) is 0.333. The van der Waals surface area contributed by atoms with Crippen molar-refractivity contribution in [2.45, 2.75) is 64.3 Å².